The molecule has 2 aromatic carbocycles. The van der Waals surface area contributed by atoms with Gasteiger partial charge < -0.3 is 9.84 Å². The van der Waals surface area contributed by atoms with Gasteiger partial charge in [0.25, 0.3) is 0 Å². The summed E-state index contributed by atoms with van der Waals surface area (Å²) in [6.45, 7) is 4.08. The van der Waals surface area contributed by atoms with Crippen molar-refractivity contribution in [3.8, 4) is 11.5 Å². The average molecular weight is 274 g/mol. The topological polar surface area (TPSA) is 29.5 Å². The quantitative estimate of drug-likeness (QED) is 0.861. The molecule has 1 atom stereocenters. The van der Waals surface area contributed by atoms with Crippen molar-refractivity contribution in [3.63, 3.8) is 0 Å². The van der Waals surface area contributed by atoms with Crippen LogP contribution in [0, 0.1) is 5.82 Å². The third kappa shape index (κ3) is 3.36. The SMILES string of the molecule is CCC(C)c1ccc(Oc2ccc(F)cc2CO)cc1. The Morgan fingerprint density at radius 1 is 1.15 bits per heavy atom. The zero-order valence-corrected chi connectivity index (χ0v) is 11.8. The number of aliphatic hydroxyl groups is 1. The first-order chi connectivity index (χ1) is 9.63. The van der Waals surface area contributed by atoms with Crippen LogP contribution in [0.5, 0.6) is 11.5 Å². The molecule has 0 aliphatic rings. The lowest BCUT2D eigenvalue weighted by Gasteiger charge is -2.12. The summed E-state index contributed by atoms with van der Waals surface area (Å²) in [5.74, 6) is 1.29. The van der Waals surface area contributed by atoms with Gasteiger partial charge in [0.05, 0.1) is 6.61 Å². The van der Waals surface area contributed by atoms with Crippen molar-refractivity contribution in [3.05, 3.63) is 59.4 Å². The fourth-order valence-electron chi connectivity index (χ4n) is 2.00. The number of halogens is 1. The second-order valence-electron chi connectivity index (χ2n) is 4.89. The third-order valence-corrected chi connectivity index (χ3v) is 3.48. The molecule has 106 valence electrons. The van der Waals surface area contributed by atoms with Crippen molar-refractivity contribution < 1.29 is 14.2 Å². The van der Waals surface area contributed by atoms with E-state index in [0.717, 1.165) is 6.42 Å². The third-order valence-electron chi connectivity index (χ3n) is 3.48. The summed E-state index contributed by atoms with van der Waals surface area (Å²) in [6.07, 6.45) is 1.09. The van der Waals surface area contributed by atoms with E-state index < -0.39 is 0 Å². The monoisotopic (exact) mass is 274 g/mol. The molecule has 0 radical (unpaired) electrons. The van der Waals surface area contributed by atoms with Crippen LogP contribution in [0.2, 0.25) is 0 Å². The van der Waals surface area contributed by atoms with Crippen LogP contribution in [-0.4, -0.2) is 5.11 Å². The van der Waals surface area contributed by atoms with Crippen LogP contribution in [0.1, 0.15) is 37.3 Å². The highest BCUT2D eigenvalue weighted by Crippen LogP contribution is 2.28. The fraction of sp³-hybridized carbons (Fsp3) is 0.294. The smallest absolute Gasteiger partial charge is 0.133 e. The van der Waals surface area contributed by atoms with Gasteiger partial charge in [-0.3, -0.25) is 0 Å². The van der Waals surface area contributed by atoms with Gasteiger partial charge in [-0.25, -0.2) is 4.39 Å². The molecule has 1 N–H and O–H groups in total. The summed E-state index contributed by atoms with van der Waals surface area (Å²) < 4.78 is 18.8. The van der Waals surface area contributed by atoms with E-state index in [0.29, 0.717) is 23.0 Å². The number of rotatable bonds is 5. The van der Waals surface area contributed by atoms with Crippen LogP contribution in [0.3, 0.4) is 0 Å². The maximum Gasteiger partial charge on any atom is 0.133 e. The molecule has 0 saturated carbocycles. The van der Waals surface area contributed by atoms with Gasteiger partial charge in [0.2, 0.25) is 0 Å². The minimum Gasteiger partial charge on any atom is -0.457 e. The molecule has 3 heteroatoms. The van der Waals surface area contributed by atoms with Crippen molar-refractivity contribution in [2.24, 2.45) is 0 Å². The number of hydrogen-bond donors (Lipinski definition) is 1. The fourth-order valence-corrected chi connectivity index (χ4v) is 2.00. The molecule has 0 spiro atoms. The van der Waals surface area contributed by atoms with Crippen LogP contribution in [0.25, 0.3) is 0 Å². The Bertz CT molecular complexity index is 564. The first-order valence-corrected chi connectivity index (χ1v) is 6.81. The molecule has 0 fully saturated rings. The van der Waals surface area contributed by atoms with Crippen molar-refractivity contribution >= 4 is 0 Å². The van der Waals surface area contributed by atoms with Gasteiger partial charge in [0, 0.05) is 5.56 Å². The van der Waals surface area contributed by atoms with Crippen LogP contribution >= 0.6 is 0 Å². The molecule has 0 bridgehead atoms. The van der Waals surface area contributed by atoms with E-state index >= 15 is 0 Å². The molecule has 20 heavy (non-hydrogen) atoms. The van der Waals surface area contributed by atoms with Crippen molar-refractivity contribution in [1.82, 2.24) is 0 Å². The number of ether oxygens (including phenoxy) is 1. The molecule has 0 aliphatic heterocycles. The van der Waals surface area contributed by atoms with E-state index in [-0.39, 0.29) is 12.4 Å². The van der Waals surface area contributed by atoms with Crippen molar-refractivity contribution in [1.29, 1.82) is 0 Å². The van der Waals surface area contributed by atoms with E-state index in [9.17, 15) is 9.50 Å². The second kappa shape index (κ2) is 6.53. The van der Waals surface area contributed by atoms with Gasteiger partial charge in [-0.15, -0.1) is 0 Å². The lowest BCUT2D eigenvalue weighted by Crippen LogP contribution is -1.94. The predicted octanol–water partition coefficient (Wildman–Crippen LogP) is 4.62. The maximum atomic E-state index is 13.1. The molecule has 0 aliphatic carbocycles. The highest BCUT2D eigenvalue weighted by Gasteiger charge is 2.07. The zero-order valence-electron chi connectivity index (χ0n) is 11.8. The average Bonchev–Trinajstić information content (AvgIpc) is 2.49. The molecular weight excluding hydrogens is 255 g/mol. The van der Waals surface area contributed by atoms with Crippen molar-refractivity contribution in [2.75, 3.05) is 0 Å². The lowest BCUT2D eigenvalue weighted by atomic mass is 9.99. The zero-order chi connectivity index (χ0) is 14.5. The van der Waals surface area contributed by atoms with Crippen LogP contribution < -0.4 is 4.74 Å². The highest BCUT2D eigenvalue weighted by molar-refractivity contribution is 5.39. The summed E-state index contributed by atoms with van der Waals surface area (Å²) >= 11 is 0. The molecule has 0 amide bonds. The summed E-state index contributed by atoms with van der Waals surface area (Å²) in [4.78, 5) is 0. The standard InChI is InChI=1S/C17H19FO2/c1-3-12(2)13-4-7-16(8-5-13)20-17-9-6-15(18)10-14(17)11-19/h4-10,12,19H,3,11H2,1-2H3. The Labute approximate surface area is 118 Å². The molecule has 2 aromatic rings. The predicted molar refractivity (Wildman–Crippen MR) is 77.5 cm³/mol. The number of hydrogen-bond acceptors (Lipinski definition) is 2. The first kappa shape index (κ1) is 14.5. The highest BCUT2D eigenvalue weighted by atomic mass is 19.1. The van der Waals surface area contributed by atoms with E-state index in [1.165, 1.54) is 23.8 Å². The van der Waals surface area contributed by atoms with E-state index in [4.69, 9.17) is 4.74 Å². The molecule has 1 unspecified atom stereocenters. The van der Waals surface area contributed by atoms with Gasteiger partial charge in [-0.05, 0) is 48.2 Å². The molecule has 2 rings (SSSR count). The number of benzene rings is 2. The van der Waals surface area contributed by atoms with Crippen LogP contribution in [0.4, 0.5) is 4.39 Å². The summed E-state index contributed by atoms with van der Waals surface area (Å²) in [7, 11) is 0. The van der Waals surface area contributed by atoms with Gasteiger partial charge in [-0.1, -0.05) is 26.0 Å². The molecule has 0 aromatic heterocycles. The number of aliphatic hydroxyl groups excluding tert-OH is 1. The largest absolute Gasteiger partial charge is 0.457 e. The molecular formula is C17H19FO2. The first-order valence-electron chi connectivity index (χ1n) is 6.81. The Morgan fingerprint density at radius 3 is 2.45 bits per heavy atom. The summed E-state index contributed by atoms with van der Waals surface area (Å²) in [5.41, 5.74) is 1.71. The van der Waals surface area contributed by atoms with Crippen molar-refractivity contribution in [2.45, 2.75) is 32.8 Å². The summed E-state index contributed by atoms with van der Waals surface area (Å²) in [5, 5.41) is 9.22. The molecule has 0 heterocycles. The minimum absolute atomic E-state index is 0.252. The maximum absolute atomic E-state index is 13.1. The van der Waals surface area contributed by atoms with Crippen LogP contribution in [0.15, 0.2) is 42.5 Å². The minimum atomic E-state index is -0.381. The van der Waals surface area contributed by atoms with Gasteiger partial charge in [-0.2, -0.15) is 0 Å². The normalized spacial score (nSPS) is 12.2. The van der Waals surface area contributed by atoms with E-state index in [1.54, 1.807) is 0 Å². The van der Waals surface area contributed by atoms with Gasteiger partial charge in [0.1, 0.15) is 17.3 Å². The summed E-state index contributed by atoms with van der Waals surface area (Å²) in [6, 6.07) is 12.0. The molecule has 2 nitrogen and oxygen atoms in total. The van der Waals surface area contributed by atoms with Gasteiger partial charge >= 0.3 is 0 Å². The van der Waals surface area contributed by atoms with Crippen LogP contribution in [-0.2, 0) is 6.61 Å². The van der Waals surface area contributed by atoms with E-state index in [2.05, 4.69) is 13.8 Å². The Kier molecular flexibility index (Phi) is 4.74. The second-order valence-corrected chi connectivity index (χ2v) is 4.89. The lowest BCUT2D eigenvalue weighted by molar-refractivity contribution is 0.276. The Morgan fingerprint density at radius 2 is 1.85 bits per heavy atom. The Hall–Kier alpha value is -1.87. The molecule has 0 saturated heterocycles. The van der Waals surface area contributed by atoms with E-state index in [1.807, 2.05) is 24.3 Å². The van der Waals surface area contributed by atoms with Gasteiger partial charge in [0.15, 0.2) is 0 Å². The Balaban J connectivity index is 2.18.